The van der Waals surface area contributed by atoms with E-state index in [1.807, 2.05) is 37.3 Å². The minimum Gasteiger partial charge on any atom is -0.375 e. The van der Waals surface area contributed by atoms with Crippen molar-refractivity contribution in [3.05, 3.63) is 35.9 Å². The number of carbonyl (C=O) groups is 1. The molecule has 2 amide bonds. The Bertz CT molecular complexity index is 367. The largest absolute Gasteiger partial charge is 0.375 e. The Morgan fingerprint density at radius 2 is 2.24 bits per heavy atom. The number of benzene rings is 1. The SMILES string of the molecule is CC1CN(C(=O)NCc2ccccc2)CCO1. The van der Waals surface area contributed by atoms with Gasteiger partial charge in [-0.3, -0.25) is 0 Å². The fourth-order valence-corrected chi connectivity index (χ4v) is 1.89. The predicted molar refractivity (Wildman–Crippen MR) is 65.7 cm³/mol. The van der Waals surface area contributed by atoms with Gasteiger partial charge in [-0.05, 0) is 12.5 Å². The summed E-state index contributed by atoms with van der Waals surface area (Å²) in [7, 11) is 0. The van der Waals surface area contributed by atoms with Gasteiger partial charge < -0.3 is 15.0 Å². The number of morpholine rings is 1. The third kappa shape index (κ3) is 3.46. The van der Waals surface area contributed by atoms with Crippen LogP contribution in [0.25, 0.3) is 0 Å². The number of hydrogen-bond acceptors (Lipinski definition) is 2. The molecule has 0 aromatic heterocycles. The summed E-state index contributed by atoms with van der Waals surface area (Å²) >= 11 is 0. The third-order valence-corrected chi connectivity index (χ3v) is 2.81. The Hall–Kier alpha value is -1.55. The minimum atomic E-state index is -0.0102. The number of nitrogens with one attached hydrogen (secondary N) is 1. The topological polar surface area (TPSA) is 41.6 Å². The van der Waals surface area contributed by atoms with E-state index in [0.29, 0.717) is 26.2 Å². The van der Waals surface area contributed by atoms with Crippen LogP contribution in [-0.2, 0) is 11.3 Å². The maximum atomic E-state index is 11.9. The molecule has 0 spiro atoms. The summed E-state index contributed by atoms with van der Waals surface area (Å²) in [5.41, 5.74) is 1.11. The smallest absolute Gasteiger partial charge is 0.317 e. The van der Waals surface area contributed by atoms with Gasteiger partial charge in [0.2, 0.25) is 0 Å². The highest BCUT2D eigenvalue weighted by atomic mass is 16.5. The Morgan fingerprint density at radius 1 is 1.47 bits per heavy atom. The van der Waals surface area contributed by atoms with E-state index in [-0.39, 0.29) is 12.1 Å². The molecule has 1 aromatic carbocycles. The molecule has 0 saturated carbocycles. The highest BCUT2D eigenvalue weighted by molar-refractivity contribution is 5.74. The molecular formula is C13H18N2O2. The maximum Gasteiger partial charge on any atom is 0.317 e. The minimum absolute atomic E-state index is 0.0102. The van der Waals surface area contributed by atoms with Crippen molar-refractivity contribution in [3.8, 4) is 0 Å². The van der Waals surface area contributed by atoms with E-state index >= 15 is 0 Å². The molecule has 1 aromatic rings. The Labute approximate surface area is 102 Å². The van der Waals surface area contributed by atoms with E-state index in [4.69, 9.17) is 4.74 Å². The summed E-state index contributed by atoms with van der Waals surface area (Å²) in [5, 5.41) is 2.92. The van der Waals surface area contributed by atoms with Crippen molar-refractivity contribution in [1.82, 2.24) is 10.2 Å². The highest BCUT2D eigenvalue weighted by Gasteiger charge is 2.20. The Balaban J connectivity index is 1.81. The highest BCUT2D eigenvalue weighted by Crippen LogP contribution is 2.05. The number of ether oxygens (including phenoxy) is 1. The first-order valence-electron chi connectivity index (χ1n) is 5.94. The van der Waals surface area contributed by atoms with Crippen LogP contribution >= 0.6 is 0 Å². The van der Waals surface area contributed by atoms with Gasteiger partial charge in [-0.25, -0.2) is 4.79 Å². The van der Waals surface area contributed by atoms with Crippen molar-refractivity contribution in [1.29, 1.82) is 0 Å². The van der Waals surface area contributed by atoms with Crippen LogP contribution < -0.4 is 5.32 Å². The molecule has 1 aliphatic heterocycles. The van der Waals surface area contributed by atoms with E-state index in [0.717, 1.165) is 5.56 Å². The summed E-state index contributed by atoms with van der Waals surface area (Å²) in [5.74, 6) is 0. The summed E-state index contributed by atoms with van der Waals surface area (Å²) in [6.45, 7) is 4.52. The van der Waals surface area contributed by atoms with Gasteiger partial charge in [0.05, 0.1) is 12.7 Å². The Morgan fingerprint density at radius 3 is 2.94 bits per heavy atom. The molecule has 0 radical (unpaired) electrons. The maximum absolute atomic E-state index is 11.9. The van der Waals surface area contributed by atoms with Crippen LogP contribution in [0, 0.1) is 0 Å². The van der Waals surface area contributed by atoms with Crippen molar-refractivity contribution >= 4 is 6.03 Å². The van der Waals surface area contributed by atoms with Gasteiger partial charge in [0.25, 0.3) is 0 Å². The van der Waals surface area contributed by atoms with E-state index < -0.39 is 0 Å². The molecule has 0 bridgehead atoms. The number of hydrogen-bond donors (Lipinski definition) is 1. The molecule has 1 aliphatic rings. The van der Waals surface area contributed by atoms with Crippen molar-refractivity contribution in [2.24, 2.45) is 0 Å². The normalized spacial score (nSPS) is 20.1. The summed E-state index contributed by atoms with van der Waals surface area (Å²) in [6.07, 6.45) is 0.131. The summed E-state index contributed by atoms with van der Waals surface area (Å²) in [4.78, 5) is 13.7. The molecule has 0 aliphatic carbocycles. The molecule has 4 nitrogen and oxygen atoms in total. The first kappa shape index (κ1) is 11.9. The lowest BCUT2D eigenvalue weighted by atomic mass is 10.2. The zero-order valence-corrected chi connectivity index (χ0v) is 10.1. The van der Waals surface area contributed by atoms with Gasteiger partial charge in [0.15, 0.2) is 0 Å². The molecule has 4 heteroatoms. The monoisotopic (exact) mass is 234 g/mol. The summed E-state index contributed by atoms with van der Waals surface area (Å²) in [6, 6.07) is 9.90. The molecule has 92 valence electrons. The molecular weight excluding hydrogens is 216 g/mol. The zero-order valence-electron chi connectivity index (χ0n) is 10.1. The second-order valence-corrected chi connectivity index (χ2v) is 4.27. The molecule has 1 fully saturated rings. The van der Waals surface area contributed by atoms with Crippen LogP contribution in [-0.4, -0.2) is 36.7 Å². The fraction of sp³-hybridized carbons (Fsp3) is 0.462. The van der Waals surface area contributed by atoms with Crippen LogP contribution in [0.5, 0.6) is 0 Å². The predicted octanol–water partition coefficient (Wildman–Crippen LogP) is 1.62. The van der Waals surface area contributed by atoms with Crippen molar-refractivity contribution in [3.63, 3.8) is 0 Å². The lowest BCUT2D eigenvalue weighted by Crippen LogP contribution is -2.48. The number of amides is 2. The average Bonchev–Trinajstić information content (AvgIpc) is 2.37. The zero-order chi connectivity index (χ0) is 12.1. The van der Waals surface area contributed by atoms with E-state index in [9.17, 15) is 4.79 Å². The lowest BCUT2D eigenvalue weighted by molar-refractivity contribution is -0.00351. The van der Waals surface area contributed by atoms with Gasteiger partial charge in [0, 0.05) is 19.6 Å². The van der Waals surface area contributed by atoms with Gasteiger partial charge >= 0.3 is 6.03 Å². The van der Waals surface area contributed by atoms with Gasteiger partial charge in [-0.15, -0.1) is 0 Å². The van der Waals surface area contributed by atoms with E-state index in [2.05, 4.69) is 5.32 Å². The average molecular weight is 234 g/mol. The van der Waals surface area contributed by atoms with Gasteiger partial charge in [0.1, 0.15) is 0 Å². The molecule has 17 heavy (non-hydrogen) atoms. The van der Waals surface area contributed by atoms with Crippen molar-refractivity contribution in [2.75, 3.05) is 19.7 Å². The van der Waals surface area contributed by atoms with Crippen LogP contribution in [0.1, 0.15) is 12.5 Å². The lowest BCUT2D eigenvalue weighted by Gasteiger charge is -2.31. The quantitative estimate of drug-likeness (QED) is 0.844. The molecule has 1 saturated heterocycles. The second-order valence-electron chi connectivity index (χ2n) is 4.27. The first-order valence-corrected chi connectivity index (χ1v) is 5.94. The van der Waals surface area contributed by atoms with Gasteiger partial charge in [-0.1, -0.05) is 30.3 Å². The van der Waals surface area contributed by atoms with Gasteiger partial charge in [-0.2, -0.15) is 0 Å². The number of carbonyl (C=O) groups excluding carboxylic acids is 1. The van der Waals surface area contributed by atoms with E-state index in [1.165, 1.54) is 0 Å². The van der Waals surface area contributed by atoms with Crippen LogP contribution in [0.3, 0.4) is 0 Å². The van der Waals surface area contributed by atoms with Crippen LogP contribution in [0.15, 0.2) is 30.3 Å². The third-order valence-electron chi connectivity index (χ3n) is 2.81. The molecule has 1 heterocycles. The van der Waals surface area contributed by atoms with Crippen molar-refractivity contribution < 1.29 is 9.53 Å². The van der Waals surface area contributed by atoms with Crippen LogP contribution in [0.4, 0.5) is 4.79 Å². The molecule has 1 N–H and O–H groups in total. The standard InChI is InChI=1S/C13H18N2O2/c1-11-10-15(7-8-17-11)13(16)14-9-12-5-3-2-4-6-12/h2-6,11H,7-10H2,1H3,(H,14,16). The number of rotatable bonds is 2. The van der Waals surface area contributed by atoms with Crippen molar-refractivity contribution in [2.45, 2.75) is 19.6 Å². The second kappa shape index (κ2) is 5.68. The summed E-state index contributed by atoms with van der Waals surface area (Å²) < 4.78 is 5.40. The fourth-order valence-electron chi connectivity index (χ4n) is 1.89. The van der Waals surface area contributed by atoms with E-state index in [1.54, 1.807) is 4.90 Å². The Kier molecular flexibility index (Phi) is 3.98. The molecule has 1 unspecified atom stereocenters. The number of nitrogens with zero attached hydrogens (tertiary/aromatic N) is 1. The number of urea groups is 1. The molecule has 1 atom stereocenters. The molecule has 2 rings (SSSR count). The first-order chi connectivity index (χ1) is 8.25. The van der Waals surface area contributed by atoms with Crippen LogP contribution in [0.2, 0.25) is 0 Å².